The van der Waals surface area contributed by atoms with Crippen molar-refractivity contribution in [1.82, 2.24) is 19.3 Å². The van der Waals surface area contributed by atoms with E-state index in [1.54, 1.807) is 30.3 Å². The number of nitrogens with zero attached hydrogens (tertiary/aromatic N) is 3. The van der Waals surface area contributed by atoms with Gasteiger partial charge in [-0.05, 0) is 44.0 Å². The molecule has 1 saturated heterocycles. The molecule has 0 unspecified atom stereocenters. The molecule has 4 aromatic rings. The predicted molar refractivity (Wildman–Crippen MR) is 129 cm³/mol. The van der Waals surface area contributed by atoms with Crippen LogP contribution in [0.3, 0.4) is 0 Å². The minimum atomic E-state index is -3.31. The minimum Gasteiger partial charge on any atom is -0.493 e. The Hall–Kier alpha value is -3.44. The van der Waals surface area contributed by atoms with Crippen LogP contribution >= 0.6 is 0 Å². The van der Waals surface area contributed by atoms with Gasteiger partial charge in [-0.25, -0.2) is 22.8 Å². The fraction of sp³-hybridized carbons (Fsp3) is 0.333. The first-order chi connectivity index (χ1) is 16.7. The van der Waals surface area contributed by atoms with E-state index in [-0.39, 0.29) is 24.3 Å². The molecular weight excluding hydrogens is 475 g/mol. The average Bonchev–Trinajstić information content (AvgIpc) is 3.45. The first kappa shape index (κ1) is 23.3. The Morgan fingerprint density at radius 3 is 2.74 bits per heavy atom. The highest BCUT2D eigenvalue weighted by molar-refractivity contribution is 7.88. The zero-order chi connectivity index (χ0) is 24.7. The number of nitrogens with one attached hydrogen (secondary N) is 1. The Morgan fingerprint density at radius 2 is 1.97 bits per heavy atom. The van der Waals surface area contributed by atoms with E-state index >= 15 is 4.39 Å². The maximum atomic E-state index is 15.1. The van der Waals surface area contributed by atoms with Crippen molar-refractivity contribution in [3.63, 3.8) is 0 Å². The Balaban J connectivity index is 1.44. The smallest absolute Gasteiger partial charge is 0.230 e. The summed E-state index contributed by atoms with van der Waals surface area (Å²) in [7, 11) is -1.81. The molecular formula is C24H25FN4O5S. The van der Waals surface area contributed by atoms with Gasteiger partial charge in [0, 0.05) is 29.2 Å². The quantitative estimate of drug-likeness (QED) is 0.406. The number of fused-ring (bicyclic) bond motifs is 2. The van der Waals surface area contributed by atoms with Gasteiger partial charge >= 0.3 is 0 Å². The standard InChI is InChI=1S/C24H25FN4O5S/c1-14-9-16-18(28-14)6-7-20(23(16)25)34-24-17-10-21(32-2)22(11-19(17)26-13-27-24)33-12-15-5-4-8-29(15)35(3,30)31/h6-7,9-11,13,15,28H,4-5,8,12H2,1-3H3/t15-/m1/s1. The zero-order valence-electron chi connectivity index (χ0n) is 19.5. The molecule has 1 atom stereocenters. The lowest BCUT2D eigenvalue weighted by molar-refractivity contribution is 0.225. The van der Waals surface area contributed by atoms with Crippen LogP contribution in [0.25, 0.3) is 21.8 Å². The summed E-state index contributed by atoms with van der Waals surface area (Å²) in [4.78, 5) is 11.6. The summed E-state index contributed by atoms with van der Waals surface area (Å²) in [5.41, 5.74) is 2.04. The lowest BCUT2D eigenvalue weighted by atomic mass is 10.2. The first-order valence-electron chi connectivity index (χ1n) is 11.1. The molecule has 0 spiro atoms. The zero-order valence-corrected chi connectivity index (χ0v) is 20.4. The Kier molecular flexibility index (Phi) is 5.97. The van der Waals surface area contributed by atoms with Crippen LogP contribution < -0.4 is 14.2 Å². The van der Waals surface area contributed by atoms with Crippen molar-refractivity contribution in [3.8, 4) is 23.1 Å². The van der Waals surface area contributed by atoms with Crippen molar-refractivity contribution in [1.29, 1.82) is 0 Å². The van der Waals surface area contributed by atoms with Crippen molar-refractivity contribution in [2.75, 3.05) is 26.5 Å². The van der Waals surface area contributed by atoms with Gasteiger partial charge in [-0.3, -0.25) is 0 Å². The molecule has 1 fully saturated rings. The molecule has 1 aliphatic heterocycles. The van der Waals surface area contributed by atoms with Crippen molar-refractivity contribution < 1.29 is 27.0 Å². The highest BCUT2D eigenvalue weighted by atomic mass is 32.2. The Morgan fingerprint density at radius 1 is 1.14 bits per heavy atom. The van der Waals surface area contributed by atoms with E-state index in [1.165, 1.54) is 24.0 Å². The van der Waals surface area contributed by atoms with Gasteiger partial charge in [-0.2, -0.15) is 4.31 Å². The number of aromatic amines is 1. The molecule has 0 amide bonds. The molecule has 0 aliphatic carbocycles. The summed E-state index contributed by atoms with van der Waals surface area (Å²) in [6.07, 6.45) is 4.04. The van der Waals surface area contributed by atoms with Gasteiger partial charge < -0.3 is 19.2 Å². The fourth-order valence-corrected chi connectivity index (χ4v) is 5.63. The van der Waals surface area contributed by atoms with Crippen molar-refractivity contribution in [3.05, 3.63) is 48.2 Å². The third kappa shape index (κ3) is 4.48. The molecule has 5 rings (SSSR count). The van der Waals surface area contributed by atoms with Gasteiger partial charge in [-0.1, -0.05) is 0 Å². The number of H-pyrrole nitrogens is 1. The third-order valence-electron chi connectivity index (χ3n) is 6.11. The van der Waals surface area contributed by atoms with Crippen LogP contribution in [0.2, 0.25) is 0 Å². The van der Waals surface area contributed by atoms with Crippen LogP contribution in [0.4, 0.5) is 4.39 Å². The van der Waals surface area contributed by atoms with E-state index in [4.69, 9.17) is 14.2 Å². The largest absolute Gasteiger partial charge is 0.493 e. The summed E-state index contributed by atoms with van der Waals surface area (Å²) in [5, 5.41) is 0.946. The second-order valence-corrected chi connectivity index (χ2v) is 10.5. The van der Waals surface area contributed by atoms with E-state index in [9.17, 15) is 8.42 Å². The van der Waals surface area contributed by atoms with Gasteiger partial charge in [-0.15, -0.1) is 0 Å². The van der Waals surface area contributed by atoms with Crippen molar-refractivity contribution >= 4 is 31.8 Å². The van der Waals surface area contributed by atoms with Crippen LogP contribution in [0.15, 0.2) is 36.7 Å². The number of aromatic nitrogens is 3. The second-order valence-electron chi connectivity index (χ2n) is 8.57. The second kappa shape index (κ2) is 8.97. The molecule has 9 nitrogen and oxygen atoms in total. The summed E-state index contributed by atoms with van der Waals surface area (Å²) < 4.78 is 57.9. The summed E-state index contributed by atoms with van der Waals surface area (Å²) in [5.74, 6) is 0.540. The van der Waals surface area contributed by atoms with Gasteiger partial charge in [0.25, 0.3) is 0 Å². The van der Waals surface area contributed by atoms with Gasteiger partial charge in [0.2, 0.25) is 15.9 Å². The van der Waals surface area contributed by atoms with Crippen LogP contribution in [-0.2, 0) is 10.0 Å². The summed E-state index contributed by atoms with van der Waals surface area (Å²) in [6, 6.07) is 8.12. The van der Waals surface area contributed by atoms with Crippen LogP contribution in [0.1, 0.15) is 18.5 Å². The number of hydrogen-bond acceptors (Lipinski definition) is 7. The van der Waals surface area contributed by atoms with E-state index in [0.29, 0.717) is 39.8 Å². The maximum Gasteiger partial charge on any atom is 0.230 e. The lowest BCUT2D eigenvalue weighted by Gasteiger charge is -2.22. The van der Waals surface area contributed by atoms with Crippen LogP contribution in [0, 0.1) is 12.7 Å². The van der Waals surface area contributed by atoms with Gasteiger partial charge in [0.05, 0.1) is 30.3 Å². The SMILES string of the molecule is COc1cc2c(Oc3ccc4[nH]c(C)cc4c3F)ncnc2cc1OC[C@H]1CCCN1S(C)(=O)=O. The monoisotopic (exact) mass is 500 g/mol. The number of benzene rings is 2. The molecule has 1 N–H and O–H groups in total. The number of sulfonamides is 1. The third-order valence-corrected chi connectivity index (χ3v) is 7.44. The van der Waals surface area contributed by atoms with Crippen molar-refractivity contribution in [2.24, 2.45) is 0 Å². The molecule has 11 heteroatoms. The number of methoxy groups -OCH3 is 1. The number of rotatable bonds is 7. The molecule has 0 bridgehead atoms. The number of ether oxygens (including phenoxy) is 3. The minimum absolute atomic E-state index is 0.0397. The molecule has 2 aromatic heterocycles. The molecule has 35 heavy (non-hydrogen) atoms. The number of hydrogen-bond donors (Lipinski definition) is 1. The highest BCUT2D eigenvalue weighted by Gasteiger charge is 2.32. The van der Waals surface area contributed by atoms with Gasteiger partial charge in [0.15, 0.2) is 23.1 Å². The normalized spacial score (nSPS) is 16.7. The summed E-state index contributed by atoms with van der Waals surface area (Å²) >= 11 is 0. The van der Waals surface area contributed by atoms with Gasteiger partial charge in [0.1, 0.15) is 12.9 Å². The Bertz CT molecular complexity index is 1520. The fourth-order valence-electron chi connectivity index (χ4n) is 4.46. The van der Waals surface area contributed by atoms with Crippen molar-refractivity contribution in [2.45, 2.75) is 25.8 Å². The van der Waals surface area contributed by atoms with Crippen LogP contribution in [0.5, 0.6) is 23.1 Å². The van der Waals surface area contributed by atoms with E-state index < -0.39 is 15.8 Å². The first-order valence-corrected chi connectivity index (χ1v) is 13.0. The molecule has 1 aliphatic rings. The van der Waals surface area contributed by atoms with E-state index in [1.807, 2.05) is 6.92 Å². The topological polar surface area (TPSA) is 107 Å². The van der Waals surface area contributed by atoms with E-state index in [2.05, 4.69) is 15.0 Å². The molecule has 2 aromatic carbocycles. The lowest BCUT2D eigenvalue weighted by Crippen LogP contribution is -2.38. The number of halogens is 1. The maximum absolute atomic E-state index is 15.1. The predicted octanol–water partition coefficient (Wildman–Crippen LogP) is 4.16. The van der Waals surface area contributed by atoms with Crippen LogP contribution in [-0.4, -0.2) is 60.2 Å². The average molecular weight is 501 g/mol. The molecule has 184 valence electrons. The van der Waals surface area contributed by atoms with E-state index in [0.717, 1.165) is 18.5 Å². The Labute approximate surface area is 201 Å². The molecule has 0 saturated carbocycles. The number of aryl methyl sites for hydroxylation is 1. The molecule has 0 radical (unpaired) electrons. The highest BCUT2D eigenvalue weighted by Crippen LogP contribution is 2.38. The molecule has 3 heterocycles. The summed E-state index contributed by atoms with van der Waals surface area (Å²) in [6.45, 7) is 2.53.